The highest BCUT2D eigenvalue weighted by molar-refractivity contribution is 6.09. The van der Waals surface area contributed by atoms with E-state index in [1.807, 2.05) is 0 Å². The minimum atomic E-state index is -0.932. The normalized spacial score (nSPS) is 10.8. The van der Waals surface area contributed by atoms with E-state index >= 15 is 0 Å². The van der Waals surface area contributed by atoms with Crippen LogP contribution in [0.25, 0.3) is 16.7 Å². The number of aryl methyl sites for hydroxylation is 1. The maximum Gasteiger partial charge on any atom is 0.273 e. The highest BCUT2D eigenvalue weighted by Gasteiger charge is 2.24. The fourth-order valence-corrected chi connectivity index (χ4v) is 3.29. The van der Waals surface area contributed by atoms with Crippen LogP contribution in [-0.2, 0) is 0 Å². The van der Waals surface area contributed by atoms with Crippen molar-refractivity contribution < 1.29 is 19.0 Å². The molecule has 0 aliphatic heterocycles. The fourth-order valence-electron chi connectivity index (χ4n) is 3.29. The molecule has 0 fully saturated rings. The third-order valence-corrected chi connectivity index (χ3v) is 4.84. The first-order valence-electron chi connectivity index (χ1n) is 9.35. The molecule has 0 unspecified atom stereocenters. The van der Waals surface area contributed by atoms with Crippen molar-refractivity contribution in [1.29, 1.82) is 0 Å². The first-order chi connectivity index (χ1) is 14.9. The second kappa shape index (κ2) is 7.91. The number of carbonyl (C=O) groups excluding carboxylic acids is 1. The molecule has 0 saturated heterocycles. The molecule has 4 aromatic rings. The third-order valence-electron chi connectivity index (χ3n) is 4.84. The van der Waals surface area contributed by atoms with Gasteiger partial charge in [0, 0.05) is 6.20 Å². The van der Waals surface area contributed by atoms with Crippen LogP contribution < -0.4 is 15.6 Å². The number of amides is 1. The zero-order valence-corrected chi connectivity index (χ0v) is 16.7. The van der Waals surface area contributed by atoms with Crippen LogP contribution in [-0.4, -0.2) is 27.7 Å². The van der Waals surface area contributed by atoms with Crippen LogP contribution in [0, 0.1) is 12.7 Å². The molecule has 0 atom stereocenters. The van der Waals surface area contributed by atoms with Gasteiger partial charge in [0.2, 0.25) is 0 Å². The van der Waals surface area contributed by atoms with Gasteiger partial charge in [-0.25, -0.2) is 9.37 Å². The van der Waals surface area contributed by atoms with Crippen molar-refractivity contribution in [2.75, 3.05) is 12.4 Å². The molecule has 0 saturated carbocycles. The number of pyridine rings is 2. The van der Waals surface area contributed by atoms with Gasteiger partial charge in [-0.05, 0) is 61.0 Å². The van der Waals surface area contributed by atoms with Gasteiger partial charge in [0.05, 0.1) is 23.9 Å². The second-order valence-corrected chi connectivity index (χ2v) is 6.87. The summed E-state index contributed by atoms with van der Waals surface area (Å²) in [6, 6.07) is 14.0. The Morgan fingerprint density at radius 1 is 1.16 bits per heavy atom. The summed E-state index contributed by atoms with van der Waals surface area (Å²) in [5, 5.41) is 13.3. The molecular weight excluding hydrogens is 401 g/mol. The number of rotatable bonds is 4. The average Bonchev–Trinajstić information content (AvgIpc) is 2.76. The number of fused-ring (bicyclic) bond motifs is 1. The molecule has 31 heavy (non-hydrogen) atoms. The lowest BCUT2D eigenvalue weighted by Gasteiger charge is -2.15. The Balaban J connectivity index is 1.91. The monoisotopic (exact) mass is 419 g/mol. The van der Waals surface area contributed by atoms with Crippen molar-refractivity contribution in [2.24, 2.45) is 0 Å². The fraction of sp³-hybridized carbons (Fsp3) is 0.0870. The Labute approximate surface area is 176 Å². The number of methoxy groups -OCH3 is 1. The summed E-state index contributed by atoms with van der Waals surface area (Å²) in [7, 11) is 1.52. The van der Waals surface area contributed by atoms with Gasteiger partial charge in [0.15, 0.2) is 5.65 Å². The minimum absolute atomic E-state index is 0.100. The molecule has 0 bridgehead atoms. The summed E-state index contributed by atoms with van der Waals surface area (Å²) in [4.78, 5) is 30.4. The molecule has 0 spiro atoms. The SMILES string of the molecule is COc1ccc(-n2c(=O)c(C(=O)Nc3ccc(C)cc3F)c(O)c3cccnc32)cc1. The van der Waals surface area contributed by atoms with Crippen LogP contribution in [0.1, 0.15) is 15.9 Å². The molecule has 156 valence electrons. The Kier molecular flexibility index (Phi) is 5.12. The van der Waals surface area contributed by atoms with Crippen molar-refractivity contribution in [3.05, 3.63) is 88.1 Å². The van der Waals surface area contributed by atoms with Gasteiger partial charge in [-0.1, -0.05) is 6.07 Å². The average molecular weight is 419 g/mol. The predicted molar refractivity (Wildman–Crippen MR) is 115 cm³/mol. The summed E-state index contributed by atoms with van der Waals surface area (Å²) in [6.07, 6.45) is 1.47. The van der Waals surface area contributed by atoms with E-state index < -0.39 is 28.6 Å². The second-order valence-electron chi connectivity index (χ2n) is 6.87. The highest BCUT2D eigenvalue weighted by atomic mass is 19.1. The lowest BCUT2D eigenvalue weighted by molar-refractivity contribution is 0.102. The standard InChI is InChI=1S/C23H18FN3O4/c1-13-5-10-18(17(24)12-13)26-22(29)19-20(28)16-4-3-11-25-21(16)27(23(19)30)14-6-8-15(31-2)9-7-14/h3-12,28H,1-2H3,(H,26,29). The van der Waals surface area contributed by atoms with E-state index in [-0.39, 0.29) is 16.7 Å². The van der Waals surface area contributed by atoms with Gasteiger partial charge in [-0.2, -0.15) is 0 Å². The Hall–Kier alpha value is -4.20. The van der Waals surface area contributed by atoms with E-state index in [1.54, 1.807) is 49.4 Å². The molecule has 2 aromatic heterocycles. The molecule has 2 heterocycles. The highest BCUT2D eigenvalue weighted by Crippen LogP contribution is 2.28. The van der Waals surface area contributed by atoms with Crippen LogP contribution in [0.4, 0.5) is 10.1 Å². The molecule has 0 aliphatic carbocycles. The number of anilines is 1. The van der Waals surface area contributed by atoms with Crippen molar-refractivity contribution in [2.45, 2.75) is 6.92 Å². The van der Waals surface area contributed by atoms with Crippen molar-refractivity contribution in [3.8, 4) is 17.2 Å². The molecule has 0 radical (unpaired) electrons. The lowest BCUT2D eigenvalue weighted by atomic mass is 10.1. The molecule has 1 amide bonds. The van der Waals surface area contributed by atoms with Crippen LogP contribution in [0.15, 0.2) is 65.6 Å². The van der Waals surface area contributed by atoms with E-state index in [0.29, 0.717) is 17.0 Å². The van der Waals surface area contributed by atoms with Gasteiger partial charge >= 0.3 is 0 Å². The van der Waals surface area contributed by atoms with Gasteiger partial charge in [-0.15, -0.1) is 0 Å². The summed E-state index contributed by atoms with van der Waals surface area (Å²) < 4.78 is 20.6. The maximum atomic E-state index is 14.2. The number of aromatic hydroxyl groups is 1. The molecule has 8 heteroatoms. The lowest BCUT2D eigenvalue weighted by Crippen LogP contribution is -2.29. The number of benzene rings is 2. The van der Waals surface area contributed by atoms with E-state index in [1.165, 1.54) is 30.0 Å². The third kappa shape index (κ3) is 3.59. The summed E-state index contributed by atoms with van der Waals surface area (Å²) >= 11 is 0. The maximum absolute atomic E-state index is 14.2. The number of nitrogens with one attached hydrogen (secondary N) is 1. The van der Waals surface area contributed by atoms with Crippen LogP contribution in [0.2, 0.25) is 0 Å². The van der Waals surface area contributed by atoms with Gasteiger partial charge < -0.3 is 15.2 Å². The molecule has 7 nitrogen and oxygen atoms in total. The summed E-state index contributed by atoms with van der Waals surface area (Å²) in [6.45, 7) is 1.71. The molecule has 2 N–H and O–H groups in total. The Bertz CT molecular complexity index is 1360. The first kappa shape index (κ1) is 20.1. The molecule has 0 aliphatic rings. The Morgan fingerprint density at radius 3 is 2.58 bits per heavy atom. The van der Waals surface area contributed by atoms with Gasteiger partial charge in [-0.3, -0.25) is 14.2 Å². The Morgan fingerprint density at radius 2 is 1.90 bits per heavy atom. The van der Waals surface area contributed by atoms with Crippen molar-refractivity contribution in [3.63, 3.8) is 0 Å². The molecular formula is C23H18FN3O4. The summed E-state index contributed by atoms with van der Waals surface area (Å²) in [5.41, 5.74) is -0.137. The van der Waals surface area contributed by atoms with Gasteiger partial charge in [0.1, 0.15) is 22.9 Å². The quantitative estimate of drug-likeness (QED) is 0.525. The van der Waals surface area contributed by atoms with Crippen LogP contribution in [0.5, 0.6) is 11.5 Å². The van der Waals surface area contributed by atoms with Crippen molar-refractivity contribution >= 4 is 22.6 Å². The smallest absolute Gasteiger partial charge is 0.273 e. The number of nitrogens with zero attached hydrogens (tertiary/aromatic N) is 2. The number of hydrogen-bond donors (Lipinski definition) is 2. The van der Waals surface area contributed by atoms with E-state index in [0.717, 1.165) is 0 Å². The molecule has 4 rings (SSSR count). The van der Waals surface area contributed by atoms with Gasteiger partial charge in [0.25, 0.3) is 11.5 Å². The number of hydrogen-bond acceptors (Lipinski definition) is 5. The molecule has 2 aromatic carbocycles. The van der Waals surface area contributed by atoms with E-state index in [9.17, 15) is 19.1 Å². The summed E-state index contributed by atoms with van der Waals surface area (Å²) in [5.74, 6) is -1.52. The topological polar surface area (TPSA) is 93.5 Å². The number of aromatic nitrogens is 2. The first-order valence-corrected chi connectivity index (χ1v) is 9.35. The van der Waals surface area contributed by atoms with E-state index in [2.05, 4.69) is 10.3 Å². The number of carbonyl (C=O) groups is 1. The van der Waals surface area contributed by atoms with Crippen LogP contribution in [0.3, 0.4) is 0 Å². The predicted octanol–water partition coefficient (Wildman–Crippen LogP) is 3.80. The largest absolute Gasteiger partial charge is 0.506 e. The zero-order valence-electron chi connectivity index (χ0n) is 16.7. The minimum Gasteiger partial charge on any atom is -0.506 e. The van der Waals surface area contributed by atoms with Crippen LogP contribution >= 0.6 is 0 Å². The number of halogens is 1. The van der Waals surface area contributed by atoms with Crippen molar-refractivity contribution in [1.82, 2.24) is 9.55 Å². The number of ether oxygens (including phenoxy) is 1. The van der Waals surface area contributed by atoms with E-state index in [4.69, 9.17) is 4.74 Å². The zero-order chi connectivity index (χ0) is 22.1.